The number of nitrogens with one attached hydrogen (secondary N) is 2. The number of aromatic nitrogens is 2. The van der Waals surface area contributed by atoms with Crippen molar-refractivity contribution >= 4 is 11.9 Å². The molecule has 1 aromatic heterocycles. The predicted molar refractivity (Wildman–Crippen MR) is 122 cm³/mol. The molecule has 1 saturated heterocycles. The van der Waals surface area contributed by atoms with Gasteiger partial charge in [-0.1, -0.05) is 30.3 Å². The zero-order chi connectivity index (χ0) is 25.5. The number of aliphatic hydroxyl groups is 1. The third kappa shape index (κ3) is 6.22. The molecule has 3 unspecified atom stereocenters. The maximum Gasteiger partial charge on any atom is 0.330 e. The van der Waals surface area contributed by atoms with Crippen molar-refractivity contribution in [3.05, 3.63) is 68.5 Å². The molecular formula is C23H29N3O9. The zero-order valence-electron chi connectivity index (χ0n) is 19.6. The van der Waals surface area contributed by atoms with Crippen LogP contribution in [0.15, 0.2) is 46.1 Å². The lowest BCUT2D eigenvalue weighted by Crippen LogP contribution is -2.50. The second kappa shape index (κ2) is 11.9. The molecule has 1 aromatic carbocycles. The smallest absolute Gasteiger partial charge is 0.330 e. The predicted octanol–water partition coefficient (Wildman–Crippen LogP) is -0.965. The summed E-state index contributed by atoms with van der Waals surface area (Å²) >= 11 is 0. The van der Waals surface area contributed by atoms with E-state index >= 15 is 0 Å². The zero-order valence-corrected chi connectivity index (χ0v) is 19.6. The average molecular weight is 491 g/mol. The molecule has 12 heteroatoms. The molecule has 0 bridgehead atoms. The molecular weight excluding hydrogens is 462 g/mol. The fourth-order valence-electron chi connectivity index (χ4n) is 3.75. The number of nitrogens with zero attached hydrogens (tertiary/aromatic N) is 1. The first kappa shape index (κ1) is 26.3. The largest absolute Gasteiger partial charge is 0.467 e. The van der Waals surface area contributed by atoms with Gasteiger partial charge in [0.05, 0.1) is 20.3 Å². The molecule has 0 aliphatic carbocycles. The number of aryl methyl sites for hydroxylation is 1. The van der Waals surface area contributed by atoms with Crippen LogP contribution in [0.25, 0.3) is 0 Å². The van der Waals surface area contributed by atoms with E-state index in [9.17, 15) is 24.3 Å². The molecule has 3 N–H and O–H groups in total. The van der Waals surface area contributed by atoms with Crippen molar-refractivity contribution in [2.45, 2.75) is 43.9 Å². The first-order valence-electron chi connectivity index (χ1n) is 10.9. The van der Waals surface area contributed by atoms with Gasteiger partial charge < -0.3 is 29.4 Å². The van der Waals surface area contributed by atoms with Crippen molar-refractivity contribution in [3.63, 3.8) is 0 Å². The van der Waals surface area contributed by atoms with Gasteiger partial charge in [0.25, 0.3) is 11.5 Å². The molecule has 1 aliphatic heterocycles. The van der Waals surface area contributed by atoms with E-state index in [4.69, 9.17) is 18.9 Å². The van der Waals surface area contributed by atoms with Gasteiger partial charge in [0.15, 0.2) is 12.3 Å². The number of benzene rings is 1. The standard InChI is InChI=1S/C23H29N3O9/c1-13-12-26(23(31)25-19(13)28)21-18(34-10-9-32-2)16(27)17(35-21)20(29)24-15(22(30)33-3)11-14-7-5-4-6-8-14/h4-8,12,15-18,21,27H,9-11H2,1-3H3,(H,24,29)(H,25,28,31)/t15?,16?,17-,18?,21-/m0/s1. The Morgan fingerprint density at radius 1 is 1.20 bits per heavy atom. The van der Waals surface area contributed by atoms with Crippen LogP contribution in [0.3, 0.4) is 0 Å². The summed E-state index contributed by atoms with van der Waals surface area (Å²) in [5, 5.41) is 13.5. The Morgan fingerprint density at radius 3 is 2.57 bits per heavy atom. The van der Waals surface area contributed by atoms with E-state index in [0.717, 1.165) is 10.1 Å². The van der Waals surface area contributed by atoms with Crippen molar-refractivity contribution < 1.29 is 33.6 Å². The number of H-pyrrole nitrogens is 1. The van der Waals surface area contributed by atoms with Crippen molar-refractivity contribution in [3.8, 4) is 0 Å². The van der Waals surface area contributed by atoms with E-state index in [2.05, 4.69) is 10.3 Å². The summed E-state index contributed by atoms with van der Waals surface area (Å²) in [6.45, 7) is 1.73. The minimum absolute atomic E-state index is 0.0440. The van der Waals surface area contributed by atoms with Gasteiger partial charge in [-0.15, -0.1) is 0 Å². The number of amides is 1. The lowest BCUT2D eigenvalue weighted by Gasteiger charge is -2.22. The second-order valence-corrected chi connectivity index (χ2v) is 8.02. The summed E-state index contributed by atoms with van der Waals surface area (Å²) in [6, 6.07) is 7.96. The maximum atomic E-state index is 13.1. The van der Waals surface area contributed by atoms with E-state index < -0.39 is 53.7 Å². The third-order valence-electron chi connectivity index (χ3n) is 5.57. The lowest BCUT2D eigenvalue weighted by molar-refractivity contribution is -0.148. The Morgan fingerprint density at radius 2 is 1.91 bits per heavy atom. The molecule has 0 radical (unpaired) electrons. The average Bonchev–Trinajstić information content (AvgIpc) is 3.17. The molecule has 2 heterocycles. The minimum Gasteiger partial charge on any atom is -0.467 e. The van der Waals surface area contributed by atoms with Crippen LogP contribution in [0.2, 0.25) is 0 Å². The van der Waals surface area contributed by atoms with Gasteiger partial charge in [0.1, 0.15) is 18.2 Å². The summed E-state index contributed by atoms with van der Waals surface area (Å²) < 4.78 is 22.3. The van der Waals surface area contributed by atoms with Crippen molar-refractivity contribution in [1.82, 2.24) is 14.9 Å². The fraction of sp³-hybridized carbons (Fsp3) is 0.478. The molecule has 190 valence electrons. The van der Waals surface area contributed by atoms with Gasteiger partial charge >= 0.3 is 11.7 Å². The third-order valence-corrected chi connectivity index (χ3v) is 5.57. The Labute approximate surface area is 200 Å². The van der Waals surface area contributed by atoms with Crippen molar-refractivity contribution in [2.75, 3.05) is 27.4 Å². The van der Waals surface area contributed by atoms with Crippen LogP contribution in [-0.2, 0) is 35.0 Å². The number of methoxy groups -OCH3 is 2. The second-order valence-electron chi connectivity index (χ2n) is 8.02. The molecule has 35 heavy (non-hydrogen) atoms. The Bertz CT molecular complexity index is 1130. The van der Waals surface area contributed by atoms with E-state index in [1.54, 1.807) is 24.3 Å². The maximum absolute atomic E-state index is 13.1. The fourth-order valence-corrected chi connectivity index (χ4v) is 3.75. The van der Waals surface area contributed by atoms with Crippen LogP contribution in [0.5, 0.6) is 0 Å². The summed E-state index contributed by atoms with van der Waals surface area (Å²) in [5.74, 6) is -1.47. The van der Waals surface area contributed by atoms with Gasteiger partial charge in [-0.2, -0.15) is 0 Å². The highest BCUT2D eigenvalue weighted by Crippen LogP contribution is 2.31. The Hall–Kier alpha value is -3.32. The Kier molecular flexibility index (Phi) is 8.93. The van der Waals surface area contributed by atoms with Crippen LogP contribution in [0.1, 0.15) is 17.4 Å². The first-order chi connectivity index (χ1) is 16.8. The molecule has 1 aliphatic rings. The van der Waals surface area contributed by atoms with E-state index in [-0.39, 0.29) is 25.2 Å². The van der Waals surface area contributed by atoms with Gasteiger partial charge in [0.2, 0.25) is 0 Å². The number of ether oxygens (including phenoxy) is 4. The van der Waals surface area contributed by atoms with E-state index in [0.29, 0.717) is 0 Å². The highest BCUT2D eigenvalue weighted by Gasteiger charge is 2.49. The van der Waals surface area contributed by atoms with Gasteiger partial charge in [-0.25, -0.2) is 9.59 Å². The molecule has 12 nitrogen and oxygen atoms in total. The molecule has 1 amide bonds. The topological polar surface area (TPSA) is 158 Å². The van der Waals surface area contributed by atoms with Crippen LogP contribution in [0.4, 0.5) is 0 Å². The molecule has 3 rings (SSSR count). The number of hydrogen-bond acceptors (Lipinski definition) is 9. The van der Waals surface area contributed by atoms with Gasteiger partial charge in [-0.05, 0) is 12.5 Å². The normalized spacial score (nSPS) is 22.5. The molecule has 0 spiro atoms. The van der Waals surface area contributed by atoms with Crippen LogP contribution >= 0.6 is 0 Å². The number of hydrogen-bond donors (Lipinski definition) is 3. The number of rotatable bonds is 10. The minimum atomic E-state index is -1.49. The van der Waals surface area contributed by atoms with Crippen molar-refractivity contribution in [2.24, 2.45) is 0 Å². The van der Waals surface area contributed by atoms with E-state index in [1.807, 2.05) is 6.07 Å². The summed E-state index contributed by atoms with van der Waals surface area (Å²) in [4.78, 5) is 51.8. The van der Waals surface area contributed by atoms with Crippen molar-refractivity contribution in [1.29, 1.82) is 0 Å². The molecule has 0 saturated carbocycles. The van der Waals surface area contributed by atoms with Gasteiger partial charge in [0, 0.05) is 25.3 Å². The highest BCUT2D eigenvalue weighted by molar-refractivity contribution is 5.87. The number of esters is 1. The molecule has 5 atom stereocenters. The number of carbonyl (C=O) groups is 2. The van der Waals surface area contributed by atoms with Crippen LogP contribution < -0.4 is 16.6 Å². The van der Waals surface area contributed by atoms with Crippen LogP contribution in [0, 0.1) is 6.92 Å². The SMILES string of the molecule is COCCOC1C(O)[C@@H](C(=O)NC(Cc2ccccc2)C(=O)OC)O[C@@H]1n1cc(C)c(=O)[nH]c1=O. The Balaban J connectivity index is 1.85. The lowest BCUT2D eigenvalue weighted by atomic mass is 10.0. The monoisotopic (exact) mass is 491 g/mol. The summed E-state index contributed by atoms with van der Waals surface area (Å²) in [6.07, 6.45) is -3.93. The van der Waals surface area contributed by atoms with Crippen LogP contribution in [-0.4, -0.2) is 78.3 Å². The number of aliphatic hydroxyl groups excluding tert-OH is 1. The molecule has 1 fully saturated rings. The summed E-state index contributed by atoms with van der Waals surface area (Å²) in [5.41, 5.74) is -0.363. The highest BCUT2D eigenvalue weighted by atomic mass is 16.6. The number of carbonyl (C=O) groups excluding carboxylic acids is 2. The molecule has 2 aromatic rings. The van der Waals surface area contributed by atoms with Gasteiger partial charge in [-0.3, -0.25) is 19.1 Å². The first-order valence-corrected chi connectivity index (χ1v) is 10.9. The van der Waals surface area contributed by atoms with E-state index in [1.165, 1.54) is 27.3 Å². The summed E-state index contributed by atoms with van der Waals surface area (Å²) in [7, 11) is 2.67. The number of aromatic amines is 1. The quantitative estimate of drug-likeness (QED) is 0.281.